The first kappa shape index (κ1) is 20.2. The summed E-state index contributed by atoms with van der Waals surface area (Å²) in [5.74, 6) is 0.785. The van der Waals surface area contributed by atoms with Crippen molar-refractivity contribution < 1.29 is 9.84 Å². The second-order valence-electron chi connectivity index (χ2n) is 7.45. The number of rotatable bonds is 7. The Bertz CT molecular complexity index is 584. The molecule has 0 saturated carbocycles. The molecule has 1 heterocycles. The highest BCUT2D eigenvalue weighted by Gasteiger charge is 2.34. The molecular formula is C19H30BrN3O2. The zero-order valence-electron chi connectivity index (χ0n) is 15.4. The maximum absolute atomic E-state index is 9.34. The smallest absolute Gasteiger partial charge is 0.191 e. The predicted molar refractivity (Wildman–Crippen MR) is 106 cm³/mol. The van der Waals surface area contributed by atoms with Crippen LogP contribution in [0, 0.1) is 5.41 Å². The lowest BCUT2D eigenvalue weighted by Gasteiger charge is -2.30. The first-order chi connectivity index (χ1) is 11.9. The lowest BCUT2D eigenvalue weighted by atomic mass is 9.84. The van der Waals surface area contributed by atoms with Gasteiger partial charge in [-0.25, -0.2) is 0 Å². The van der Waals surface area contributed by atoms with Crippen molar-refractivity contribution in [3.05, 3.63) is 34.3 Å². The van der Waals surface area contributed by atoms with Crippen LogP contribution in [-0.2, 0) is 10.2 Å². The van der Waals surface area contributed by atoms with Crippen molar-refractivity contribution in [2.75, 3.05) is 40.0 Å². The van der Waals surface area contributed by atoms with Gasteiger partial charge in [0, 0.05) is 48.7 Å². The Morgan fingerprint density at radius 3 is 2.80 bits per heavy atom. The summed E-state index contributed by atoms with van der Waals surface area (Å²) in [4.78, 5) is 4.34. The molecule has 1 aromatic carbocycles. The lowest BCUT2D eigenvalue weighted by Crippen LogP contribution is -2.47. The Balaban J connectivity index is 1.91. The van der Waals surface area contributed by atoms with Crippen molar-refractivity contribution in [1.82, 2.24) is 10.6 Å². The summed E-state index contributed by atoms with van der Waals surface area (Å²) in [5.41, 5.74) is 1.25. The molecule has 1 atom stereocenters. The Hall–Kier alpha value is -1.11. The number of halogens is 1. The van der Waals surface area contributed by atoms with E-state index in [2.05, 4.69) is 63.6 Å². The maximum atomic E-state index is 9.34. The molecule has 1 unspecified atom stereocenters. The van der Waals surface area contributed by atoms with Gasteiger partial charge in [-0.1, -0.05) is 41.9 Å². The fraction of sp³-hybridized carbons (Fsp3) is 0.632. The second kappa shape index (κ2) is 9.01. The van der Waals surface area contributed by atoms with E-state index in [1.54, 1.807) is 7.05 Å². The van der Waals surface area contributed by atoms with Crippen LogP contribution in [0.2, 0.25) is 0 Å². The minimum absolute atomic E-state index is 0.00613. The van der Waals surface area contributed by atoms with Crippen molar-refractivity contribution >= 4 is 21.9 Å². The van der Waals surface area contributed by atoms with Gasteiger partial charge in [-0.2, -0.15) is 0 Å². The summed E-state index contributed by atoms with van der Waals surface area (Å²) >= 11 is 3.54. The molecule has 0 amide bonds. The summed E-state index contributed by atoms with van der Waals surface area (Å²) in [6.45, 7) is 7.61. The van der Waals surface area contributed by atoms with Gasteiger partial charge < -0.3 is 20.5 Å². The number of benzene rings is 1. The molecule has 25 heavy (non-hydrogen) atoms. The average Bonchev–Trinajstić information content (AvgIpc) is 3.04. The van der Waals surface area contributed by atoms with Crippen LogP contribution in [0.3, 0.4) is 0 Å². The highest BCUT2D eigenvalue weighted by molar-refractivity contribution is 9.10. The number of aliphatic imine (C=N–C) groups is 1. The summed E-state index contributed by atoms with van der Waals surface area (Å²) in [5, 5.41) is 16.2. The molecule has 0 bridgehead atoms. The van der Waals surface area contributed by atoms with Gasteiger partial charge in [0.2, 0.25) is 0 Å². The van der Waals surface area contributed by atoms with Gasteiger partial charge in [0.15, 0.2) is 5.96 Å². The van der Waals surface area contributed by atoms with Crippen molar-refractivity contribution in [3.8, 4) is 0 Å². The van der Waals surface area contributed by atoms with E-state index in [0.29, 0.717) is 6.61 Å². The lowest BCUT2D eigenvalue weighted by molar-refractivity contribution is 0.127. The Labute approximate surface area is 159 Å². The molecule has 3 N–H and O–H groups in total. The highest BCUT2D eigenvalue weighted by atomic mass is 79.9. The van der Waals surface area contributed by atoms with E-state index in [-0.39, 0.29) is 17.4 Å². The van der Waals surface area contributed by atoms with Crippen molar-refractivity contribution in [1.29, 1.82) is 0 Å². The zero-order valence-corrected chi connectivity index (χ0v) is 17.0. The molecule has 1 aromatic rings. The Morgan fingerprint density at radius 2 is 2.20 bits per heavy atom. The highest BCUT2D eigenvalue weighted by Crippen LogP contribution is 2.31. The number of hydrogen-bond donors (Lipinski definition) is 3. The minimum atomic E-state index is -0.0271. The number of nitrogens with one attached hydrogen (secondary N) is 2. The van der Waals surface area contributed by atoms with Crippen LogP contribution >= 0.6 is 15.9 Å². The van der Waals surface area contributed by atoms with Gasteiger partial charge >= 0.3 is 0 Å². The van der Waals surface area contributed by atoms with E-state index >= 15 is 0 Å². The SMILES string of the molecule is CN=C(NCC1(CCO)CCOC1)NCC(C)(C)c1cccc(Br)c1. The third kappa shape index (κ3) is 5.69. The number of ether oxygens (including phenoxy) is 1. The molecule has 0 aliphatic carbocycles. The molecule has 1 aliphatic rings. The number of nitrogens with zero attached hydrogens (tertiary/aromatic N) is 1. The number of aliphatic hydroxyl groups is 1. The van der Waals surface area contributed by atoms with E-state index in [0.717, 1.165) is 43.0 Å². The fourth-order valence-corrected chi connectivity index (χ4v) is 3.52. The standard InChI is InChI=1S/C19H30BrN3O2/c1-18(2,15-5-4-6-16(20)11-15)12-22-17(21-3)23-13-19(7-9-24)8-10-25-14-19/h4-6,11,24H,7-10,12-14H2,1-3H3,(H2,21,22,23). The predicted octanol–water partition coefficient (Wildman–Crippen LogP) is 2.68. The van der Waals surface area contributed by atoms with Crippen LogP contribution in [0.25, 0.3) is 0 Å². The van der Waals surface area contributed by atoms with E-state index < -0.39 is 0 Å². The third-order valence-electron chi connectivity index (χ3n) is 4.99. The van der Waals surface area contributed by atoms with Crippen LogP contribution in [-0.4, -0.2) is 51.0 Å². The van der Waals surface area contributed by atoms with Gasteiger partial charge in [0.25, 0.3) is 0 Å². The van der Waals surface area contributed by atoms with E-state index in [9.17, 15) is 5.11 Å². The van der Waals surface area contributed by atoms with Gasteiger partial charge in [-0.15, -0.1) is 0 Å². The number of aliphatic hydroxyl groups excluding tert-OH is 1. The average molecular weight is 412 g/mol. The van der Waals surface area contributed by atoms with Gasteiger partial charge in [-0.05, 0) is 30.5 Å². The molecule has 2 rings (SSSR count). The molecule has 1 saturated heterocycles. The van der Waals surface area contributed by atoms with Crippen molar-refractivity contribution in [2.45, 2.75) is 32.1 Å². The van der Waals surface area contributed by atoms with Gasteiger partial charge in [-0.3, -0.25) is 4.99 Å². The molecule has 0 radical (unpaired) electrons. The largest absolute Gasteiger partial charge is 0.396 e. The third-order valence-corrected chi connectivity index (χ3v) is 5.48. The van der Waals surface area contributed by atoms with E-state index in [1.807, 2.05) is 6.07 Å². The first-order valence-electron chi connectivity index (χ1n) is 8.80. The molecule has 0 spiro atoms. The minimum Gasteiger partial charge on any atom is -0.396 e. The molecule has 6 heteroatoms. The number of hydrogen-bond acceptors (Lipinski definition) is 3. The van der Waals surface area contributed by atoms with Crippen molar-refractivity contribution in [2.24, 2.45) is 10.4 Å². The summed E-state index contributed by atoms with van der Waals surface area (Å²) in [7, 11) is 1.78. The quantitative estimate of drug-likeness (QED) is 0.476. The molecule has 0 aromatic heterocycles. The van der Waals surface area contributed by atoms with E-state index in [1.165, 1.54) is 5.56 Å². The Morgan fingerprint density at radius 1 is 1.40 bits per heavy atom. The topological polar surface area (TPSA) is 65.9 Å². The van der Waals surface area contributed by atoms with Crippen LogP contribution in [0.1, 0.15) is 32.3 Å². The normalized spacial score (nSPS) is 21.4. The summed E-state index contributed by atoms with van der Waals surface area (Å²) in [6, 6.07) is 8.41. The second-order valence-corrected chi connectivity index (χ2v) is 8.37. The molecule has 5 nitrogen and oxygen atoms in total. The van der Waals surface area contributed by atoms with Crippen molar-refractivity contribution in [3.63, 3.8) is 0 Å². The van der Waals surface area contributed by atoms with Crippen LogP contribution < -0.4 is 10.6 Å². The Kier molecular flexibility index (Phi) is 7.28. The van der Waals surface area contributed by atoms with Crippen LogP contribution in [0.4, 0.5) is 0 Å². The van der Waals surface area contributed by atoms with Gasteiger partial charge in [0.1, 0.15) is 0 Å². The van der Waals surface area contributed by atoms with Gasteiger partial charge in [0.05, 0.1) is 6.61 Å². The summed E-state index contributed by atoms with van der Waals surface area (Å²) < 4.78 is 6.64. The number of guanidine groups is 1. The monoisotopic (exact) mass is 411 g/mol. The zero-order chi connectivity index (χ0) is 18.3. The first-order valence-corrected chi connectivity index (χ1v) is 9.59. The van der Waals surface area contributed by atoms with E-state index in [4.69, 9.17) is 4.74 Å². The van der Waals surface area contributed by atoms with Crippen LogP contribution in [0.15, 0.2) is 33.7 Å². The maximum Gasteiger partial charge on any atom is 0.191 e. The van der Waals surface area contributed by atoms with Crippen LogP contribution in [0.5, 0.6) is 0 Å². The molecule has 1 fully saturated rings. The molecule has 140 valence electrons. The summed E-state index contributed by atoms with van der Waals surface area (Å²) in [6.07, 6.45) is 1.72. The fourth-order valence-electron chi connectivity index (χ4n) is 3.12. The molecular weight excluding hydrogens is 382 g/mol. The molecule has 1 aliphatic heterocycles.